The van der Waals surface area contributed by atoms with E-state index < -0.39 is 0 Å². The van der Waals surface area contributed by atoms with Crippen molar-refractivity contribution in [1.82, 2.24) is 15.1 Å². The molecule has 0 aliphatic rings. The van der Waals surface area contributed by atoms with Crippen molar-refractivity contribution in [3.63, 3.8) is 0 Å². The van der Waals surface area contributed by atoms with E-state index in [0.717, 1.165) is 5.69 Å². The number of hydrogen-bond acceptors (Lipinski definition) is 3. The third kappa shape index (κ3) is 3.06. The van der Waals surface area contributed by atoms with E-state index in [9.17, 15) is 4.79 Å². The van der Waals surface area contributed by atoms with Crippen LogP contribution in [0.15, 0.2) is 6.07 Å². The van der Waals surface area contributed by atoms with E-state index in [-0.39, 0.29) is 24.0 Å². The second-order valence-corrected chi connectivity index (χ2v) is 5.36. The molecular formula is C12H21N3O2. The van der Waals surface area contributed by atoms with Crippen molar-refractivity contribution in [3.8, 4) is 0 Å². The Morgan fingerprint density at radius 2 is 2.18 bits per heavy atom. The van der Waals surface area contributed by atoms with E-state index in [2.05, 4.69) is 31.0 Å². The number of H-pyrrole nitrogens is 1. The lowest BCUT2D eigenvalue weighted by atomic mass is 9.92. The van der Waals surface area contributed by atoms with Gasteiger partial charge in [-0.1, -0.05) is 20.8 Å². The van der Waals surface area contributed by atoms with Crippen LogP contribution < -0.4 is 0 Å². The standard InChI is InChI=1S/C12H21N3O2/c1-8(7-16)15(5)11(17)9-6-10(14-13-9)12(2,3)4/h6,8,16H,7H2,1-5H3,(H,13,14). The number of nitrogens with zero attached hydrogens (tertiary/aromatic N) is 2. The van der Waals surface area contributed by atoms with Gasteiger partial charge in [0.05, 0.1) is 12.6 Å². The number of amides is 1. The molecule has 1 aromatic heterocycles. The Bertz CT molecular complexity index is 393. The van der Waals surface area contributed by atoms with Crippen molar-refractivity contribution >= 4 is 5.91 Å². The molecule has 0 aliphatic heterocycles. The van der Waals surface area contributed by atoms with Gasteiger partial charge in [-0.25, -0.2) is 0 Å². The summed E-state index contributed by atoms with van der Waals surface area (Å²) in [6, 6.07) is 1.56. The molecule has 2 N–H and O–H groups in total. The average molecular weight is 239 g/mol. The van der Waals surface area contributed by atoms with Crippen LogP contribution in [-0.2, 0) is 5.41 Å². The van der Waals surface area contributed by atoms with E-state index >= 15 is 0 Å². The van der Waals surface area contributed by atoms with Crippen LogP contribution in [0.25, 0.3) is 0 Å². The van der Waals surface area contributed by atoms with Crippen molar-refractivity contribution in [3.05, 3.63) is 17.5 Å². The number of aliphatic hydroxyl groups excluding tert-OH is 1. The molecule has 1 amide bonds. The Labute approximate surface area is 102 Å². The molecule has 1 aromatic rings. The Kier molecular flexibility index (Phi) is 3.93. The van der Waals surface area contributed by atoms with Crippen molar-refractivity contribution in [1.29, 1.82) is 0 Å². The fraction of sp³-hybridized carbons (Fsp3) is 0.667. The molecule has 5 heteroatoms. The first kappa shape index (κ1) is 13.7. The lowest BCUT2D eigenvalue weighted by Crippen LogP contribution is -2.37. The summed E-state index contributed by atoms with van der Waals surface area (Å²) in [5.74, 6) is -0.182. The molecule has 1 rings (SSSR count). The van der Waals surface area contributed by atoms with E-state index in [1.54, 1.807) is 20.0 Å². The summed E-state index contributed by atoms with van der Waals surface area (Å²) in [5.41, 5.74) is 1.25. The smallest absolute Gasteiger partial charge is 0.274 e. The first-order valence-electron chi connectivity index (χ1n) is 5.71. The monoisotopic (exact) mass is 239 g/mol. The van der Waals surface area contributed by atoms with Crippen molar-refractivity contribution in [2.75, 3.05) is 13.7 Å². The first-order chi connectivity index (χ1) is 7.77. The highest BCUT2D eigenvalue weighted by Gasteiger charge is 2.22. The SMILES string of the molecule is CC(CO)N(C)C(=O)c1cc(C(C)(C)C)[nH]n1. The van der Waals surface area contributed by atoms with Crippen LogP contribution in [0.3, 0.4) is 0 Å². The predicted molar refractivity (Wildman–Crippen MR) is 65.9 cm³/mol. The van der Waals surface area contributed by atoms with Gasteiger partial charge in [0.2, 0.25) is 0 Å². The highest BCUT2D eigenvalue weighted by Crippen LogP contribution is 2.20. The van der Waals surface area contributed by atoms with Crippen molar-refractivity contribution in [2.24, 2.45) is 0 Å². The minimum Gasteiger partial charge on any atom is -0.394 e. The third-order valence-electron chi connectivity index (χ3n) is 2.85. The summed E-state index contributed by atoms with van der Waals surface area (Å²) >= 11 is 0. The molecule has 0 radical (unpaired) electrons. The molecule has 0 saturated heterocycles. The Morgan fingerprint density at radius 3 is 2.59 bits per heavy atom. The summed E-state index contributed by atoms with van der Waals surface area (Å²) in [6.45, 7) is 7.88. The maximum absolute atomic E-state index is 12.0. The predicted octanol–water partition coefficient (Wildman–Crippen LogP) is 1.16. The number of aromatic nitrogens is 2. The Balaban J connectivity index is 2.87. The molecule has 0 spiro atoms. The van der Waals surface area contributed by atoms with E-state index in [1.165, 1.54) is 4.90 Å². The van der Waals surface area contributed by atoms with Gasteiger partial charge in [0.25, 0.3) is 5.91 Å². The maximum atomic E-state index is 12.0. The number of carbonyl (C=O) groups is 1. The zero-order valence-electron chi connectivity index (χ0n) is 11.1. The number of nitrogens with one attached hydrogen (secondary N) is 1. The Morgan fingerprint density at radius 1 is 1.59 bits per heavy atom. The van der Waals surface area contributed by atoms with Gasteiger partial charge in [-0.05, 0) is 13.0 Å². The highest BCUT2D eigenvalue weighted by atomic mass is 16.3. The van der Waals surface area contributed by atoms with Crippen LogP contribution >= 0.6 is 0 Å². The van der Waals surface area contributed by atoms with Gasteiger partial charge in [0.15, 0.2) is 0 Å². The molecule has 0 saturated carbocycles. The van der Waals surface area contributed by atoms with E-state index in [1.807, 2.05) is 0 Å². The quantitative estimate of drug-likeness (QED) is 0.831. The summed E-state index contributed by atoms with van der Waals surface area (Å²) in [4.78, 5) is 13.5. The van der Waals surface area contributed by atoms with Gasteiger partial charge >= 0.3 is 0 Å². The van der Waals surface area contributed by atoms with Crippen LogP contribution in [0.5, 0.6) is 0 Å². The second-order valence-electron chi connectivity index (χ2n) is 5.36. The van der Waals surface area contributed by atoms with Crippen LogP contribution in [0, 0.1) is 0 Å². The second kappa shape index (κ2) is 4.87. The number of aromatic amines is 1. The molecule has 0 bridgehead atoms. The minimum atomic E-state index is -0.211. The fourth-order valence-corrected chi connectivity index (χ4v) is 1.32. The van der Waals surface area contributed by atoms with Gasteiger partial charge < -0.3 is 10.0 Å². The molecule has 0 fully saturated rings. The molecule has 17 heavy (non-hydrogen) atoms. The first-order valence-corrected chi connectivity index (χ1v) is 5.71. The Hall–Kier alpha value is -1.36. The summed E-state index contributed by atoms with van der Waals surface area (Å²) < 4.78 is 0. The number of aliphatic hydroxyl groups is 1. The lowest BCUT2D eigenvalue weighted by Gasteiger charge is -2.22. The van der Waals surface area contributed by atoms with Crippen molar-refractivity contribution < 1.29 is 9.90 Å². The van der Waals surface area contributed by atoms with E-state index in [0.29, 0.717) is 5.69 Å². The number of rotatable bonds is 3. The third-order valence-corrected chi connectivity index (χ3v) is 2.85. The topological polar surface area (TPSA) is 69.2 Å². The molecule has 96 valence electrons. The molecular weight excluding hydrogens is 218 g/mol. The summed E-state index contributed by atoms with van der Waals surface area (Å²) in [7, 11) is 1.66. The molecule has 0 aromatic carbocycles. The van der Waals surface area contributed by atoms with Crippen molar-refractivity contribution in [2.45, 2.75) is 39.2 Å². The fourth-order valence-electron chi connectivity index (χ4n) is 1.32. The molecule has 1 unspecified atom stereocenters. The normalized spacial score (nSPS) is 13.5. The molecule has 1 heterocycles. The van der Waals surface area contributed by atoms with Gasteiger partial charge in [0, 0.05) is 18.2 Å². The van der Waals surface area contributed by atoms with Crippen LogP contribution in [0.4, 0.5) is 0 Å². The van der Waals surface area contributed by atoms with Crippen LogP contribution in [0.2, 0.25) is 0 Å². The zero-order chi connectivity index (χ0) is 13.2. The number of hydrogen-bond donors (Lipinski definition) is 2. The molecule has 5 nitrogen and oxygen atoms in total. The highest BCUT2D eigenvalue weighted by molar-refractivity contribution is 5.92. The number of carbonyl (C=O) groups excluding carboxylic acids is 1. The van der Waals surface area contributed by atoms with Crippen LogP contribution in [0.1, 0.15) is 43.9 Å². The van der Waals surface area contributed by atoms with E-state index in [4.69, 9.17) is 5.11 Å². The van der Waals surface area contributed by atoms with Gasteiger partial charge in [-0.15, -0.1) is 0 Å². The van der Waals surface area contributed by atoms with Crippen LogP contribution in [-0.4, -0.2) is 45.8 Å². The maximum Gasteiger partial charge on any atom is 0.274 e. The summed E-state index contributed by atoms with van der Waals surface area (Å²) in [6.07, 6.45) is 0. The minimum absolute atomic E-state index is 0.0568. The molecule has 1 atom stereocenters. The molecule has 0 aliphatic carbocycles. The van der Waals surface area contributed by atoms with Gasteiger partial charge in [0.1, 0.15) is 5.69 Å². The van der Waals surface area contributed by atoms with Gasteiger partial charge in [-0.3, -0.25) is 9.89 Å². The largest absolute Gasteiger partial charge is 0.394 e. The average Bonchev–Trinajstić information content (AvgIpc) is 2.74. The lowest BCUT2D eigenvalue weighted by molar-refractivity contribution is 0.0676. The number of likely N-dealkylation sites (N-methyl/N-ethyl adjacent to an activating group) is 1. The van der Waals surface area contributed by atoms with Gasteiger partial charge in [-0.2, -0.15) is 5.10 Å². The zero-order valence-corrected chi connectivity index (χ0v) is 11.1. The summed E-state index contributed by atoms with van der Waals surface area (Å²) in [5, 5.41) is 15.9.